The first kappa shape index (κ1) is 16.7. The first-order chi connectivity index (χ1) is 10.9. The lowest BCUT2D eigenvalue weighted by molar-refractivity contribution is -0.141. The predicted octanol–water partition coefficient (Wildman–Crippen LogP) is 2.40. The second kappa shape index (κ2) is 6.75. The van der Waals surface area contributed by atoms with Crippen molar-refractivity contribution in [3.63, 3.8) is 0 Å². The molecule has 128 valence electrons. The Labute approximate surface area is 134 Å². The van der Waals surface area contributed by atoms with Crippen molar-refractivity contribution < 1.29 is 17.9 Å². The lowest BCUT2D eigenvalue weighted by Crippen LogP contribution is -2.48. The molecule has 0 radical (unpaired) electrons. The smallest absolute Gasteiger partial charge is 0.379 e. The Hall–Kier alpha value is -1.18. The molecule has 2 aliphatic rings. The first-order valence-electron chi connectivity index (χ1n) is 8.03. The molecule has 3 rings (SSSR count). The summed E-state index contributed by atoms with van der Waals surface area (Å²) < 4.78 is 43.1. The van der Waals surface area contributed by atoms with Crippen LogP contribution < -0.4 is 0 Å². The molecule has 2 fully saturated rings. The maximum atomic E-state index is 12.6. The van der Waals surface area contributed by atoms with Gasteiger partial charge in [0.1, 0.15) is 5.69 Å². The van der Waals surface area contributed by atoms with Gasteiger partial charge in [0.25, 0.3) is 0 Å². The van der Waals surface area contributed by atoms with Gasteiger partial charge in [-0.3, -0.25) is 14.8 Å². The van der Waals surface area contributed by atoms with Crippen LogP contribution in [0.25, 0.3) is 0 Å². The van der Waals surface area contributed by atoms with Crippen molar-refractivity contribution in [2.24, 2.45) is 0 Å². The van der Waals surface area contributed by atoms with Gasteiger partial charge in [0.15, 0.2) is 0 Å². The van der Waals surface area contributed by atoms with Gasteiger partial charge in [0, 0.05) is 44.5 Å². The van der Waals surface area contributed by atoms with Crippen molar-refractivity contribution in [1.82, 2.24) is 14.8 Å². The fourth-order valence-corrected chi connectivity index (χ4v) is 3.53. The highest BCUT2D eigenvalue weighted by atomic mass is 19.4. The molecule has 2 atom stereocenters. The molecule has 23 heavy (non-hydrogen) atoms. The minimum Gasteiger partial charge on any atom is -0.379 e. The highest BCUT2D eigenvalue weighted by molar-refractivity contribution is 5.16. The first-order valence-corrected chi connectivity index (χ1v) is 8.03. The molecule has 2 saturated heterocycles. The molecule has 0 N–H and O–H groups in total. The second-order valence-electron chi connectivity index (χ2n) is 6.26. The molecule has 4 nitrogen and oxygen atoms in total. The Balaban J connectivity index is 1.60. The van der Waals surface area contributed by atoms with E-state index in [1.54, 1.807) is 0 Å². The largest absolute Gasteiger partial charge is 0.433 e. The van der Waals surface area contributed by atoms with E-state index in [9.17, 15) is 13.2 Å². The number of aromatic nitrogens is 1. The van der Waals surface area contributed by atoms with E-state index in [4.69, 9.17) is 4.74 Å². The quantitative estimate of drug-likeness (QED) is 0.851. The number of rotatable bonds is 3. The number of pyridine rings is 1. The van der Waals surface area contributed by atoms with E-state index >= 15 is 0 Å². The van der Waals surface area contributed by atoms with E-state index in [-0.39, 0.29) is 0 Å². The molecule has 1 aromatic rings. The SMILES string of the molecule is C[C@@H]1[C@H](N2CCOCC2)CCN1Cc1ccc(C(F)(F)F)nc1. The van der Waals surface area contributed by atoms with Crippen LogP contribution in [0.5, 0.6) is 0 Å². The number of hydrogen-bond acceptors (Lipinski definition) is 4. The monoisotopic (exact) mass is 329 g/mol. The number of likely N-dealkylation sites (tertiary alicyclic amines) is 1. The Morgan fingerprint density at radius 3 is 2.57 bits per heavy atom. The van der Waals surface area contributed by atoms with Gasteiger partial charge < -0.3 is 4.74 Å². The fourth-order valence-electron chi connectivity index (χ4n) is 3.53. The zero-order chi connectivity index (χ0) is 16.4. The van der Waals surface area contributed by atoms with Crippen molar-refractivity contribution in [3.8, 4) is 0 Å². The number of halogens is 3. The highest BCUT2D eigenvalue weighted by Crippen LogP contribution is 2.28. The zero-order valence-corrected chi connectivity index (χ0v) is 13.2. The maximum absolute atomic E-state index is 12.6. The molecule has 0 unspecified atom stereocenters. The van der Waals surface area contributed by atoms with E-state index in [2.05, 4.69) is 21.7 Å². The van der Waals surface area contributed by atoms with Crippen molar-refractivity contribution in [2.45, 2.75) is 38.1 Å². The minimum atomic E-state index is -4.37. The highest BCUT2D eigenvalue weighted by Gasteiger charge is 2.35. The van der Waals surface area contributed by atoms with Crippen LogP contribution in [0, 0.1) is 0 Å². The summed E-state index contributed by atoms with van der Waals surface area (Å²) in [6, 6.07) is 3.48. The topological polar surface area (TPSA) is 28.6 Å². The normalized spacial score (nSPS) is 27.5. The molecule has 0 amide bonds. The average molecular weight is 329 g/mol. The Bertz CT molecular complexity index is 514. The Kier molecular flexibility index (Phi) is 4.89. The third kappa shape index (κ3) is 3.84. The van der Waals surface area contributed by atoms with Crippen LogP contribution in [0.1, 0.15) is 24.6 Å². The van der Waals surface area contributed by atoms with Crippen LogP contribution in [0.3, 0.4) is 0 Å². The third-order valence-electron chi connectivity index (χ3n) is 4.86. The fraction of sp³-hybridized carbons (Fsp3) is 0.688. The van der Waals surface area contributed by atoms with E-state index in [1.165, 1.54) is 12.3 Å². The Morgan fingerprint density at radius 1 is 1.22 bits per heavy atom. The van der Waals surface area contributed by atoms with Gasteiger partial charge in [0.2, 0.25) is 0 Å². The molecule has 2 aliphatic heterocycles. The van der Waals surface area contributed by atoms with Crippen molar-refractivity contribution in [1.29, 1.82) is 0 Å². The van der Waals surface area contributed by atoms with Crippen LogP contribution in [-0.2, 0) is 17.5 Å². The van der Waals surface area contributed by atoms with Gasteiger partial charge in [-0.15, -0.1) is 0 Å². The predicted molar refractivity (Wildman–Crippen MR) is 79.9 cm³/mol. The van der Waals surface area contributed by atoms with Gasteiger partial charge in [-0.05, 0) is 25.0 Å². The molecule has 0 bridgehead atoms. The van der Waals surface area contributed by atoms with Crippen LogP contribution in [0.4, 0.5) is 13.2 Å². The van der Waals surface area contributed by atoms with Crippen molar-refractivity contribution >= 4 is 0 Å². The third-order valence-corrected chi connectivity index (χ3v) is 4.86. The molecule has 1 aromatic heterocycles. The van der Waals surface area contributed by atoms with E-state index in [1.807, 2.05) is 0 Å². The summed E-state index contributed by atoms with van der Waals surface area (Å²) in [5.74, 6) is 0. The summed E-state index contributed by atoms with van der Waals surface area (Å²) in [6.45, 7) is 7.30. The molecule has 7 heteroatoms. The summed E-state index contributed by atoms with van der Waals surface area (Å²) in [5, 5.41) is 0. The average Bonchev–Trinajstić information content (AvgIpc) is 2.89. The Morgan fingerprint density at radius 2 is 1.96 bits per heavy atom. The van der Waals surface area contributed by atoms with Crippen LogP contribution in [-0.4, -0.2) is 59.7 Å². The van der Waals surface area contributed by atoms with Crippen LogP contribution >= 0.6 is 0 Å². The standard InChI is InChI=1S/C16H22F3N3O/c1-12-14(21-6-8-23-9-7-21)4-5-22(12)11-13-2-3-15(20-10-13)16(17,18)19/h2-3,10,12,14H,4-9,11H2,1H3/t12-,14-/m1/s1. The number of ether oxygens (including phenoxy) is 1. The van der Waals surface area contributed by atoms with Crippen LogP contribution in [0.15, 0.2) is 18.3 Å². The van der Waals surface area contributed by atoms with Crippen LogP contribution in [0.2, 0.25) is 0 Å². The molecule has 0 aromatic carbocycles. The van der Waals surface area contributed by atoms with Gasteiger partial charge in [-0.25, -0.2) is 0 Å². The summed E-state index contributed by atoms with van der Waals surface area (Å²) in [4.78, 5) is 8.34. The molecule has 0 spiro atoms. The summed E-state index contributed by atoms with van der Waals surface area (Å²) in [6.07, 6.45) is -1.94. The van der Waals surface area contributed by atoms with Gasteiger partial charge >= 0.3 is 6.18 Å². The van der Waals surface area contributed by atoms with E-state index in [0.717, 1.165) is 50.9 Å². The zero-order valence-electron chi connectivity index (χ0n) is 13.2. The maximum Gasteiger partial charge on any atom is 0.433 e. The molecule has 3 heterocycles. The van der Waals surface area contributed by atoms with Crippen molar-refractivity contribution in [2.75, 3.05) is 32.8 Å². The summed E-state index contributed by atoms with van der Waals surface area (Å²) >= 11 is 0. The molecular formula is C16H22F3N3O. The molecule has 0 aliphatic carbocycles. The number of morpholine rings is 1. The van der Waals surface area contributed by atoms with Gasteiger partial charge in [-0.2, -0.15) is 13.2 Å². The molecule has 0 saturated carbocycles. The summed E-state index contributed by atoms with van der Waals surface area (Å²) in [5.41, 5.74) is -0.00519. The lowest BCUT2D eigenvalue weighted by Gasteiger charge is -2.35. The second-order valence-corrected chi connectivity index (χ2v) is 6.26. The lowest BCUT2D eigenvalue weighted by atomic mass is 10.1. The van der Waals surface area contributed by atoms with Gasteiger partial charge in [-0.1, -0.05) is 6.07 Å². The summed E-state index contributed by atoms with van der Waals surface area (Å²) in [7, 11) is 0. The number of alkyl halides is 3. The molecular weight excluding hydrogens is 307 g/mol. The van der Waals surface area contributed by atoms with E-state index in [0.29, 0.717) is 18.6 Å². The van der Waals surface area contributed by atoms with Crippen molar-refractivity contribution in [3.05, 3.63) is 29.6 Å². The van der Waals surface area contributed by atoms with Gasteiger partial charge in [0.05, 0.1) is 13.2 Å². The minimum absolute atomic E-state index is 0.385. The number of hydrogen-bond donors (Lipinski definition) is 0. The van der Waals surface area contributed by atoms with E-state index < -0.39 is 11.9 Å². The number of nitrogens with zero attached hydrogens (tertiary/aromatic N) is 3.